The fraction of sp³-hybridized carbons (Fsp3) is 0.319. The molecule has 5 aromatic rings. The van der Waals surface area contributed by atoms with E-state index in [0.717, 1.165) is 6.42 Å². The highest BCUT2D eigenvalue weighted by Crippen LogP contribution is 2.47. The van der Waals surface area contributed by atoms with E-state index in [-0.39, 0.29) is 28.5 Å². The standard InChI is InChI=1S/C47H51BN2/c1-44(2,3)33-24-26-47(10,27-25-33)50-39-23-20-34(45(4,5)6)29-38(39)48-37-22-19-35(46(7,8)9)30-42(37)49(40-16-13-17-41(50)43(40)48)36-21-18-31-14-11-12-15-32(31)28-36/h11-26,28-30H,27H2,1-10H3. The smallest absolute Gasteiger partial charge is 0.252 e. The second kappa shape index (κ2) is 11.0. The van der Waals surface area contributed by atoms with E-state index in [2.05, 4.69) is 194 Å². The van der Waals surface area contributed by atoms with Gasteiger partial charge in [-0.3, -0.25) is 0 Å². The summed E-state index contributed by atoms with van der Waals surface area (Å²) in [5, 5.41) is 2.52. The maximum absolute atomic E-state index is 2.67. The summed E-state index contributed by atoms with van der Waals surface area (Å²) in [7, 11) is 0. The Bertz CT molecular complexity index is 2240. The zero-order chi connectivity index (χ0) is 35.4. The normalized spacial score (nSPS) is 18.5. The quantitative estimate of drug-likeness (QED) is 0.172. The van der Waals surface area contributed by atoms with Crippen LogP contribution in [-0.4, -0.2) is 12.3 Å². The highest BCUT2D eigenvalue weighted by molar-refractivity contribution is 7.00. The first-order valence-corrected chi connectivity index (χ1v) is 18.5. The third-order valence-corrected chi connectivity index (χ3v) is 11.4. The van der Waals surface area contributed by atoms with Crippen LogP contribution in [0.5, 0.6) is 0 Å². The summed E-state index contributed by atoms with van der Waals surface area (Å²) in [6, 6.07) is 37.3. The summed E-state index contributed by atoms with van der Waals surface area (Å²) in [6.45, 7) is 23.5. The highest BCUT2D eigenvalue weighted by atomic mass is 15.2. The average Bonchev–Trinajstić information content (AvgIpc) is 3.06. The molecule has 0 saturated carbocycles. The first-order chi connectivity index (χ1) is 23.5. The van der Waals surface area contributed by atoms with Crippen molar-refractivity contribution in [3.8, 4) is 0 Å². The SMILES string of the molecule is CC(C)(C)C1=CCC(C)(N2c3ccc(C(C)(C)C)cc3B3c4ccc(C(C)(C)C)cc4N(c4ccc5ccccc5c4)c4cccc2c43)C=C1. The van der Waals surface area contributed by atoms with E-state index < -0.39 is 0 Å². The van der Waals surface area contributed by atoms with Gasteiger partial charge in [0.05, 0.1) is 5.54 Å². The van der Waals surface area contributed by atoms with Gasteiger partial charge in [-0.15, -0.1) is 0 Å². The zero-order valence-corrected chi connectivity index (χ0v) is 31.6. The second-order valence-corrected chi connectivity index (χ2v) is 18.2. The van der Waals surface area contributed by atoms with Gasteiger partial charge < -0.3 is 9.80 Å². The van der Waals surface area contributed by atoms with Crippen LogP contribution in [-0.2, 0) is 10.8 Å². The lowest BCUT2D eigenvalue weighted by Crippen LogP contribution is -2.64. The first kappa shape index (κ1) is 32.7. The monoisotopic (exact) mass is 654 g/mol. The van der Waals surface area contributed by atoms with Crippen LogP contribution in [0.1, 0.15) is 86.8 Å². The van der Waals surface area contributed by atoms with Crippen molar-refractivity contribution >= 4 is 62.3 Å². The molecule has 1 unspecified atom stereocenters. The van der Waals surface area contributed by atoms with Gasteiger partial charge in [-0.1, -0.05) is 141 Å². The van der Waals surface area contributed by atoms with Crippen molar-refractivity contribution in [2.24, 2.45) is 5.41 Å². The van der Waals surface area contributed by atoms with E-state index in [4.69, 9.17) is 0 Å². The van der Waals surface area contributed by atoms with Gasteiger partial charge >= 0.3 is 0 Å². The Morgan fingerprint density at radius 3 is 1.94 bits per heavy atom. The number of nitrogens with zero attached hydrogens (tertiary/aromatic N) is 2. The van der Waals surface area contributed by atoms with Crippen LogP contribution < -0.4 is 26.2 Å². The number of hydrogen-bond acceptors (Lipinski definition) is 2. The first-order valence-electron chi connectivity index (χ1n) is 18.5. The van der Waals surface area contributed by atoms with Crippen LogP contribution >= 0.6 is 0 Å². The summed E-state index contributed by atoms with van der Waals surface area (Å²) >= 11 is 0. The molecule has 0 spiro atoms. The van der Waals surface area contributed by atoms with Crippen molar-refractivity contribution < 1.29 is 0 Å². The molecule has 0 amide bonds. The lowest BCUT2D eigenvalue weighted by Gasteiger charge is -2.50. The zero-order valence-electron chi connectivity index (χ0n) is 31.6. The minimum atomic E-state index is -0.225. The number of fused-ring (bicyclic) bond motifs is 5. The molecule has 2 heterocycles. The van der Waals surface area contributed by atoms with Crippen molar-refractivity contribution in [3.05, 3.63) is 132 Å². The highest BCUT2D eigenvalue weighted by Gasteiger charge is 2.47. The second-order valence-electron chi connectivity index (χ2n) is 18.2. The Hall–Kier alpha value is -4.50. The minimum Gasteiger partial charge on any atom is -0.333 e. The van der Waals surface area contributed by atoms with E-state index in [9.17, 15) is 0 Å². The van der Waals surface area contributed by atoms with Crippen LogP contribution in [0.15, 0.2) is 121 Å². The van der Waals surface area contributed by atoms with E-state index in [1.807, 2.05) is 0 Å². The van der Waals surface area contributed by atoms with Crippen molar-refractivity contribution in [3.63, 3.8) is 0 Å². The van der Waals surface area contributed by atoms with Crippen LogP contribution in [0.4, 0.5) is 28.4 Å². The summed E-state index contributed by atoms with van der Waals surface area (Å²) in [4.78, 5) is 5.23. The predicted octanol–water partition coefficient (Wildman–Crippen LogP) is 10.9. The van der Waals surface area contributed by atoms with Gasteiger partial charge in [0.2, 0.25) is 0 Å². The third-order valence-electron chi connectivity index (χ3n) is 11.4. The largest absolute Gasteiger partial charge is 0.333 e. The van der Waals surface area contributed by atoms with Gasteiger partial charge in [0.15, 0.2) is 0 Å². The number of benzene rings is 5. The molecule has 0 fully saturated rings. The average molecular weight is 655 g/mol. The van der Waals surface area contributed by atoms with Crippen molar-refractivity contribution in [2.45, 2.75) is 92.0 Å². The van der Waals surface area contributed by atoms with E-state index in [1.54, 1.807) is 0 Å². The molecule has 0 N–H and O–H groups in total. The molecule has 1 atom stereocenters. The molecule has 1 aliphatic carbocycles. The van der Waals surface area contributed by atoms with Crippen LogP contribution in [0, 0.1) is 5.41 Å². The van der Waals surface area contributed by atoms with Gasteiger partial charge in [-0.2, -0.15) is 0 Å². The molecular formula is C47H51BN2. The lowest BCUT2D eigenvalue weighted by atomic mass is 9.33. The van der Waals surface area contributed by atoms with Gasteiger partial charge in [0.1, 0.15) is 0 Å². The third kappa shape index (κ3) is 5.15. The van der Waals surface area contributed by atoms with E-state index in [0.29, 0.717) is 0 Å². The lowest BCUT2D eigenvalue weighted by molar-refractivity contribution is 0.494. The van der Waals surface area contributed by atoms with E-state index >= 15 is 0 Å². The summed E-state index contributed by atoms with van der Waals surface area (Å²) in [6.07, 6.45) is 8.29. The topological polar surface area (TPSA) is 6.48 Å². The molecule has 3 aliphatic rings. The number of hydrogen-bond donors (Lipinski definition) is 0. The molecule has 252 valence electrons. The van der Waals surface area contributed by atoms with Gasteiger partial charge in [0.25, 0.3) is 6.71 Å². The molecular weight excluding hydrogens is 603 g/mol. The van der Waals surface area contributed by atoms with Crippen molar-refractivity contribution in [2.75, 3.05) is 9.80 Å². The molecule has 8 rings (SSSR count). The summed E-state index contributed by atoms with van der Waals surface area (Å²) in [5.41, 5.74) is 14.6. The fourth-order valence-electron chi connectivity index (χ4n) is 8.46. The number of anilines is 5. The summed E-state index contributed by atoms with van der Waals surface area (Å²) in [5.74, 6) is 0. The molecule has 2 nitrogen and oxygen atoms in total. The predicted molar refractivity (Wildman–Crippen MR) is 219 cm³/mol. The molecule has 3 heteroatoms. The molecule has 0 aromatic heterocycles. The Balaban J connectivity index is 1.43. The molecule has 0 bridgehead atoms. The summed E-state index contributed by atoms with van der Waals surface area (Å²) < 4.78 is 0. The van der Waals surface area contributed by atoms with Gasteiger partial charge in [0, 0.05) is 28.4 Å². The Labute approximate surface area is 300 Å². The van der Waals surface area contributed by atoms with Crippen LogP contribution in [0.3, 0.4) is 0 Å². The fourth-order valence-corrected chi connectivity index (χ4v) is 8.46. The maximum atomic E-state index is 2.67. The van der Waals surface area contributed by atoms with Crippen molar-refractivity contribution in [1.82, 2.24) is 0 Å². The number of rotatable bonds is 2. The molecule has 0 saturated heterocycles. The van der Waals surface area contributed by atoms with E-state index in [1.165, 1.54) is 72.3 Å². The Morgan fingerprint density at radius 1 is 0.580 bits per heavy atom. The molecule has 5 aromatic carbocycles. The van der Waals surface area contributed by atoms with Gasteiger partial charge in [-0.05, 0) is 110 Å². The molecule has 50 heavy (non-hydrogen) atoms. The molecule has 2 aliphatic heterocycles. The Morgan fingerprint density at radius 2 is 1.26 bits per heavy atom. The van der Waals surface area contributed by atoms with Crippen molar-refractivity contribution in [1.29, 1.82) is 0 Å². The number of allylic oxidation sites excluding steroid dienone is 2. The Kier molecular flexibility index (Phi) is 7.19. The van der Waals surface area contributed by atoms with Gasteiger partial charge in [-0.25, -0.2) is 0 Å². The van der Waals surface area contributed by atoms with Crippen LogP contribution in [0.25, 0.3) is 10.8 Å². The van der Waals surface area contributed by atoms with Crippen LogP contribution in [0.2, 0.25) is 0 Å². The maximum Gasteiger partial charge on any atom is 0.252 e. The minimum absolute atomic E-state index is 0.0220. The molecule has 0 radical (unpaired) electrons.